The second kappa shape index (κ2) is 8.98. The van der Waals surface area contributed by atoms with Crippen molar-refractivity contribution in [3.63, 3.8) is 0 Å². The highest BCUT2D eigenvalue weighted by Gasteiger charge is 2.29. The van der Waals surface area contributed by atoms with Crippen LogP contribution in [0.5, 0.6) is 5.75 Å². The topological polar surface area (TPSA) is 79.0 Å². The largest absolute Gasteiger partial charge is 0.482 e. The third-order valence-corrected chi connectivity index (χ3v) is 5.38. The minimum absolute atomic E-state index is 0.124. The number of nitrogens with zero attached hydrogens (tertiary/aromatic N) is 2. The van der Waals surface area contributed by atoms with Crippen molar-refractivity contribution in [3.8, 4) is 5.75 Å². The standard InChI is InChI=1S/C23H27N3O4/c1-5-25(6-2)23(29)17-10-11-20-19(12-17)26(22(28)14-30-20)13-21(27)24-18-9-7-8-15(3)16(18)4/h7-12H,5-6,13-14H2,1-4H3,(H,24,27). The molecule has 0 atom stereocenters. The first-order chi connectivity index (χ1) is 14.3. The van der Waals surface area contributed by atoms with Crippen LogP contribution in [-0.4, -0.2) is 48.9 Å². The van der Waals surface area contributed by atoms with E-state index in [9.17, 15) is 14.4 Å². The lowest BCUT2D eigenvalue weighted by Crippen LogP contribution is -2.43. The lowest BCUT2D eigenvalue weighted by molar-refractivity contribution is -0.123. The molecule has 7 nitrogen and oxygen atoms in total. The summed E-state index contributed by atoms with van der Waals surface area (Å²) in [5, 5.41) is 2.87. The summed E-state index contributed by atoms with van der Waals surface area (Å²) in [5.41, 5.74) is 3.65. The average Bonchev–Trinajstić information content (AvgIpc) is 2.74. The van der Waals surface area contributed by atoms with Crippen LogP contribution < -0.4 is 15.0 Å². The van der Waals surface area contributed by atoms with Crippen LogP contribution in [0.15, 0.2) is 36.4 Å². The van der Waals surface area contributed by atoms with Crippen molar-refractivity contribution in [2.24, 2.45) is 0 Å². The molecule has 158 valence electrons. The van der Waals surface area contributed by atoms with Gasteiger partial charge in [0, 0.05) is 24.3 Å². The van der Waals surface area contributed by atoms with Gasteiger partial charge in [-0.3, -0.25) is 19.3 Å². The van der Waals surface area contributed by atoms with Gasteiger partial charge in [0.2, 0.25) is 5.91 Å². The van der Waals surface area contributed by atoms with Crippen molar-refractivity contribution >= 4 is 29.1 Å². The zero-order valence-corrected chi connectivity index (χ0v) is 17.8. The molecule has 30 heavy (non-hydrogen) atoms. The van der Waals surface area contributed by atoms with E-state index >= 15 is 0 Å². The molecule has 7 heteroatoms. The minimum Gasteiger partial charge on any atom is -0.482 e. The smallest absolute Gasteiger partial charge is 0.265 e. The van der Waals surface area contributed by atoms with Crippen molar-refractivity contribution in [3.05, 3.63) is 53.1 Å². The first-order valence-corrected chi connectivity index (χ1v) is 10.1. The molecule has 3 amide bonds. The number of carbonyl (C=O) groups is 3. The van der Waals surface area contributed by atoms with Crippen LogP contribution >= 0.6 is 0 Å². The van der Waals surface area contributed by atoms with E-state index in [1.165, 1.54) is 4.90 Å². The van der Waals surface area contributed by atoms with Crippen LogP contribution in [0.2, 0.25) is 0 Å². The van der Waals surface area contributed by atoms with Crippen LogP contribution in [0.3, 0.4) is 0 Å². The molecule has 1 N–H and O–H groups in total. The Balaban J connectivity index is 1.85. The van der Waals surface area contributed by atoms with Crippen LogP contribution in [0.25, 0.3) is 0 Å². The van der Waals surface area contributed by atoms with Gasteiger partial charge in [0.1, 0.15) is 12.3 Å². The zero-order valence-electron chi connectivity index (χ0n) is 17.8. The Morgan fingerprint density at radius 3 is 2.57 bits per heavy atom. The number of carbonyl (C=O) groups excluding carboxylic acids is 3. The Kier molecular flexibility index (Phi) is 6.40. The Bertz CT molecular complexity index is 982. The molecule has 0 fully saturated rings. The number of ether oxygens (including phenoxy) is 1. The molecule has 1 aliphatic rings. The number of amides is 3. The Morgan fingerprint density at radius 2 is 1.87 bits per heavy atom. The maximum atomic E-state index is 12.7. The minimum atomic E-state index is -0.328. The van der Waals surface area contributed by atoms with Crippen molar-refractivity contribution in [2.45, 2.75) is 27.7 Å². The van der Waals surface area contributed by atoms with E-state index in [1.807, 2.05) is 45.9 Å². The maximum Gasteiger partial charge on any atom is 0.265 e. The molecule has 0 unspecified atom stereocenters. The summed E-state index contributed by atoms with van der Waals surface area (Å²) in [6, 6.07) is 10.7. The molecule has 0 spiro atoms. The van der Waals surface area contributed by atoms with Gasteiger partial charge in [-0.15, -0.1) is 0 Å². The van der Waals surface area contributed by atoms with Gasteiger partial charge in [0.15, 0.2) is 6.61 Å². The third kappa shape index (κ3) is 4.30. The van der Waals surface area contributed by atoms with E-state index in [-0.39, 0.29) is 30.9 Å². The summed E-state index contributed by atoms with van der Waals surface area (Å²) >= 11 is 0. The second-order valence-corrected chi connectivity index (χ2v) is 7.22. The molecule has 0 aliphatic carbocycles. The van der Waals surface area contributed by atoms with Crippen molar-refractivity contribution in [1.29, 1.82) is 0 Å². The van der Waals surface area contributed by atoms with Gasteiger partial charge in [-0.05, 0) is 63.1 Å². The first-order valence-electron chi connectivity index (χ1n) is 10.1. The quantitative estimate of drug-likeness (QED) is 0.795. The van der Waals surface area contributed by atoms with E-state index in [2.05, 4.69) is 5.32 Å². The van der Waals surface area contributed by atoms with E-state index in [0.717, 1.165) is 11.1 Å². The molecule has 2 aromatic carbocycles. The van der Waals surface area contributed by atoms with Gasteiger partial charge < -0.3 is 15.0 Å². The third-order valence-electron chi connectivity index (χ3n) is 5.38. The molecule has 1 heterocycles. The molecule has 0 aromatic heterocycles. The number of aryl methyl sites for hydroxylation is 1. The van der Waals surface area contributed by atoms with Gasteiger partial charge in [0.05, 0.1) is 5.69 Å². The van der Waals surface area contributed by atoms with Crippen LogP contribution in [0.1, 0.15) is 35.3 Å². The van der Waals surface area contributed by atoms with E-state index in [4.69, 9.17) is 4.74 Å². The average molecular weight is 409 g/mol. The lowest BCUT2D eigenvalue weighted by Gasteiger charge is -2.29. The summed E-state index contributed by atoms with van der Waals surface area (Å²) < 4.78 is 5.50. The highest BCUT2D eigenvalue weighted by Crippen LogP contribution is 2.33. The van der Waals surface area contributed by atoms with Crippen molar-refractivity contribution in [1.82, 2.24) is 4.90 Å². The van der Waals surface area contributed by atoms with Crippen LogP contribution in [-0.2, 0) is 9.59 Å². The van der Waals surface area contributed by atoms with Gasteiger partial charge in [0.25, 0.3) is 11.8 Å². The Labute approximate surface area is 176 Å². The summed E-state index contributed by atoms with van der Waals surface area (Å²) in [5.74, 6) is -0.290. The number of anilines is 2. The predicted molar refractivity (Wildman–Crippen MR) is 116 cm³/mol. The van der Waals surface area contributed by atoms with E-state index < -0.39 is 0 Å². The molecule has 0 saturated heterocycles. The highest BCUT2D eigenvalue weighted by molar-refractivity contribution is 6.06. The molecule has 0 bridgehead atoms. The molecule has 2 aromatic rings. The number of benzene rings is 2. The second-order valence-electron chi connectivity index (χ2n) is 7.22. The van der Waals surface area contributed by atoms with Crippen molar-refractivity contribution in [2.75, 3.05) is 36.5 Å². The monoisotopic (exact) mass is 409 g/mol. The molecule has 0 saturated carbocycles. The zero-order chi connectivity index (χ0) is 21.8. The maximum absolute atomic E-state index is 12.7. The molecule has 1 aliphatic heterocycles. The summed E-state index contributed by atoms with van der Waals surface area (Å²) in [6.07, 6.45) is 0. The fourth-order valence-electron chi connectivity index (χ4n) is 3.42. The molecular formula is C23H27N3O4. The van der Waals surface area contributed by atoms with E-state index in [1.54, 1.807) is 23.1 Å². The number of hydrogen-bond acceptors (Lipinski definition) is 4. The molecule has 3 rings (SSSR count). The first kappa shape index (κ1) is 21.4. The Morgan fingerprint density at radius 1 is 1.13 bits per heavy atom. The summed E-state index contributed by atoms with van der Waals surface area (Å²) in [6.45, 7) is 8.60. The Hall–Kier alpha value is -3.35. The SMILES string of the molecule is CCN(CC)C(=O)c1ccc2c(c1)N(CC(=O)Nc1cccc(C)c1C)C(=O)CO2. The van der Waals surface area contributed by atoms with Gasteiger partial charge >= 0.3 is 0 Å². The fourth-order valence-corrected chi connectivity index (χ4v) is 3.42. The number of fused-ring (bicyclic) bond motifs is 1. The predicted octanol–water partition coefficient (Wildman–Crippen LogP) is 3.15. The number of rotatable bonds is 6. The van der Waals surface area contributed by atoms with E-state index in [0.29, 0.717) is 35.8 Å². The molecular weight excluding hydrogens is 382 g/mol. The summed E-state index contributed by atoms with van der Waals surface area (Å²) in [7, 11) is 0. The normalized spacial score (nSPS) is 12.8. The lowest BCUT2D eigenvalue weighted by atomic mass is 10.1. The van der Waals surface area contributed by atoms with Gasteiger partial charge in [-0.25, -0.2) is 0 Å². The van der Waals surface area contributed by atoms with Crippen LogP contribution in [0, 0.1) is 13.8 Å². The number of hydrogen-bond donors (Lipinski definition) is 1. The van der Waals surface area contributed by atoms with Crippen LogP contribution in [0.4, 0.5) is 11.4 Å². The molecule has 0 radical (unpaired) electrons. The highest BCUT2D eigenvalue weighted by atomic mass is 16.5. The summed E-state index contributed by atoms with van der Waals surface area (Å²) in [4.78, 5) is 41.0. The van der Waals surface area contributed by atoms with Crippen molar-refractivity contribution < 1.29 is 19.1 Å². The van der Waals surface area contributed by atoms with Gasteiger partial charge in [-0.2, -0.15) is 0 Å². The van der Waals surface area contributed by atoms with Gasteiger partial charge in [-0.1, -0.05) is 12.1 Å². The number of nitrogens with one attached hydrogen (secondary N) is 1. The fraction of sp³-hybridized carbons (Fsp3) is 0.348.